The monoisotopic (exact) mass is 272 g/mol. The van der Waals surface area contributed by atoms with Crippen molar-refractivity contribution in [2.45, 2.75) is 19.8 Å². The summed E-state index contributed by atoms with van der Waals surface area (Å²) < 4.78 is 2.78. The van der Waals surface area contributed by atoms with Gasteiger partial charge in [0.05, 0.1) is 9.98 Å². The Hall–Kier alpha value is -0.750. The van der Waals surface area contributed by atoms with Crippen molar-refractivity contribution >= 4 is 27.3 Å². The van der Waals surface area contributed by atoms with Gasteiger partial charge in [-0.05, 0) is 15.9 Å². The average molecular weight is 273 g/mol. The zero-order valence-corrected chi connectivity index (χ0v) is 10.2. The normalized spacial score (nSPS) is 11.1. The molecule has 0 spiro atoms. The third-order valence-electron chi connectivity index (χ3n) is 1.74. The predicted octanol–water partition coefficient (Wildman–Crippen LogP) is 2.61. The van der Waals surface area contributed by atoms with E-state index < -0.39 is 0 Å². The fourth-order valence-corrected chi connectivity index (χ4v) is 2.28. The van der Waals surface area contributed by atoms with Crippen molar-refractivity contribution in [1.82, 2.24) is 19.7 Å². The third kappa shape index (κ3) is 1.72. The van der Waals surface area contributed by atoms with Gasteiger partial charge in [-0.15, -0.1) is 0 Å². The molecule has 0 bridgehead atoms. The van der Waals surface area contributed by atoms with Crippen LogP contribution in [0.1, 0.15) is 25.6 Å². The highest BCUT2D eigenvalue weighted by atomic mass is 79.9. The van der Waals surface area contributed by atoms with Crippen LogP contribution in [0, 0.1) is 0 Å². The van der Waals surface area contributed by atoms with E-state index in [1.165, 1.54) is 0 Å². The summed E-state index contributed by atoms with van der Waals surface area (Å²) in [7, 11) is 0. The Morgan fingerprint density at radius 2 is 2.21 bits per heavy atom. The average Bonchev–Trinajstić information content (AvgIpc) is 2.70. The van der Waals surface area contributed by atoms with E-state index in [4.69, 9.17) is 0 Å². The molecule has 0 amide bonds. The zero-order chi connectivity index (χ0) is 10.1. The molecule has 74 valence electrons. The summed E-state index contributed by atoms with van der Waals surface area (Å²) in [6, 6.07) is 0. The summed E-state index contributed by atoms with van der Waals surface area (Å²) in [4.78, 5) is 8.44. The maximum Gasteiger partial charge on any atom is 0.213 e. The maximum absolute atomic E-state index is 4.23. The first kappa shape index (κ1) is 9.79. The molecule has 6 heteroatoms. The summed E-state index contributed by atoms with van der Waals surface area (Å²) in [6.07, 6.45) is 3.33. The minimum atomic E-state index is 0.347. The highest BCUT2D eigenvalue weighted by Gasteiger charge is 2.12. The van der Waals surface area contributed by atoms with Crippen molar-refractivity contribution in [2.75, 3.05) is 0 Å². The molecular weight excluding hydrogens is 264 g/mol. The van der Waals surface area contributed by atoms with Crippen LogP contribution in [0.25, 0.3) is 5.13 Å². The number of aromatic nitrogens is 4. The molecular formula is C8H9BrN4S. The first-order valence-corrected chi connectivity index (χ1v) is 5.81. The fraction of sp³-hybridized carbons (Fsp3) is 0.375. The minimum Gasteiger partial charge on any atom is -0.226 e. The topological polar surface area (TPSA) is 43.6 Å². The van der Waals surface area contributed by atoms with Crippen LogP contribution in [0.15, 0.2) is 16.3 Å². The molecule has 4 nitrogen and oxygen atoms in total. The molecule has 0 fully saturated rings. The van der Waals surface area contributed by atoms with E-state index in [0.29, 0.717) is 5.92 Å². The Balaban J connectivity index is 2.46. The standard InChI is InChI=1S/C8H9BrN4S/c1-5(2)7-11-4-12-13(7)8-10-3-6(9)14-8/h3-5H,1-2H3. The lowest BCUT2D eigenvalue weighted by molar-refractivity contribution is 0.711. The largest absolute Gasteiger partial charge is 0.226 e. The van der Waals surface area contributed by atoms with Crippen molar-refractivity contribution in [1.29, 1.82) is 0 Å². The minimum absolute atomic E-state index is 0.347. The molecule has 0 aromatic carbocycles. The van der Waals surface area contributed by atoms with Crippen LogP contribution in [-0.4, -0.2) is 19.7 Å². The first-order valence-electron chi connectivity index (χ1n) is 4.20. The number of hydrogen-bond donors (Lipinski definition) is 0. The smallest absolute Gasteiger partial charge is 0.213 e. The molecule has 0 radical (unpaired) electrons. The molecule has 0 saturated carbocycles. The van der Waals surface area contributed by atoms with E-state index in [0.717, 1.165) is 14.7 Å². The quantitative estimate of drug-likeness (QED) is 0.844. The summed E-state index contributed by atoms with van der Waals surface area (Å²) in [6.45, 7) is 4.17. The van der Waals surface area contributed by atoms with E-state index in [1.54, 1.807) is 28.5 Å². The van der Waals surface area contributed by atoms with Gasteiger partial charge in [0.2, 0.25) is 5.13 Å². The van der Waals surface area contributed by atoms with Gasteiger partial charge >= 0.3 is 0 Å². The molecule has 0 saturated heterocycles. The van der Waals surface area contributed by atoms with Crippen molar-refractivity contribution in [3.63, 3.8) is 0 Å². The Bertz CT molecular complexity index is 434. The lowest BCUT2D eigenvalue weighted by Gasteiger charge is -2.03. The second kappa shape index (κ2) is 3.78. The summed E-state index contributed by atoms with van der Waals surface area (Å²) in [5, 5.41) is 5.00. The van der Waals surface area contributed by atoms with Crippen molar-refractivity contribution in [3.8, 4) is 5.13 Å². The van der Waals surface area contributed by atoms with Crippen LogP contribution < -0.4 is 0 Å². The summed E-state index contributed by atoms with van der Waals surface area (Å²) >= 11 is 4.92. The van der Waals surface area contributed by atoms with Gasteiger partial charge in [0.15, 0.2) is 0 Å². The lowest BCUT2D eigenvalue weighted by Crippen LogP contribution is -2.03. The number of nitrogens with zero attached hydrogens (tertiary/aromatic N) is 4. The summed E-state index contributed by atoms with van der Waals surface area (Å²) in [5.41, 5.74) is 0. The van der Waals surface area contributed by atoms with Gasteiger partial charge in [0.1, 0.15) is 12.2 Å². The number of hydrogen-bond acceptors (Lipinski definition) is 4. The van der Waals surface area contributed by atoms with Gasteiger partial charge in [-0.3, -0.25) is 0 Å². The van der Waals surface area contributed by atoms with Crippen molar-refractivity contribution < 1.29 is 0 Å². The fourth-order valence-electron chi connectivity index (χ4n) is 1.14. The molecule has 2 aromatic rings. The van der Waals surface area contributed by atoms with Gasteiger partial charge in [0.25, 0.3) is 0 Å². The van der Waals surface area contributed by atoms with E-state index in [9.17, 15) is 0 Å². The lowest BCUT2D eigenvalue weighted by atomic mass is 10.2. The Morgan fingerprint density at radius 1 is 1.43 bits per heavy atom. The molecule has 0 aliphatic rings. The Labute approximate surface area is 94.1 Å². The molecule has 0 atom stereocenters. The van der Waals surface area contributed by atoms with Crippen molar-refractivity contribution in [2.24, 2.45) is 0 Å². The second-order valence-electron chi connectivity index (χ2n) is 3.13. The van der Waals surface area contributed by atoms with Crippen LogP contribution in [0.5, 0.6) is 0 Å². The van der Waals surface area contributed by atoms with Crippen LogP contribution in [0.2, 0.25) is 0 Å². The number of thiazole rings is 1. The molecule has 2 aromatic heterocycles. The molecule has 0 unspecified atom stereocenters. The highest BCUT2D eigenvalue weighted by Crippen LogP contribution is 2.24. The molecule has 2 heterocycles. The SMILES string of the molecule is CC(C)c1ncnn1-c1ncc(Br)s1. The first-order chi connectivity index (χ1) is 6.68. The van der Waals surface area contributed by atoms with E-state index in [2.05, 4.69) is 44.8 Å². The Kier molecular flexibility index (Phi) is 2.64. The highest BCUT2D eigenvalue weighted by molar-refractivity contribution is 9.11. The Morgan fingerprint density at radius 3 is 2.79 bits per heavy atom. The second-order valence-corrected chi connectivity index (χ2v) is 5.52. The van der Waals surface area contributed by atoms with E-state index in [1.807, 2.05) is 0 Å². The number of rotatable bonds is 2. The molecule has 0 N–H and O–H groups in total. The zero-order valence-electron chi connectivity index (χ0n) is 7.81. The molecule has 0 aliphatic heterocycles. The van der Waals surface area contributed by atoms with Crippen LogP contribution in [0.4, 0.5) is 0 Å². The third-order valence-corrected chi connectivity index (χ3v) is 3.19. The molecule has 2 rings (SSSR count). The van der Waals surface area contributed by atoms with E-state index in [-0.39, 0.29) is 0 Å². The summed E-state index contributed by atoms with van der Waals surface area (Å²) in [5.74, 6) is 1.28. The van der Waals surface area contributed by atoms with Gasteiger partial charge in [-0.1, -0.05) is 25.2 Å². The van der Waals surface area contributed by atoms with Gasteiger partial charge in [-0.2, -0.15) is 9.78 Å². The van der Waals surface area contributed by atoms with E-state index >= 15 is 0 Å². The number of halogens is 1. The van der Waals surface area contributed by atoms with Gasteiger partial charge < -0.3 is 0 Å². The van der Waals surface area contributed by atoms with Crippen LogP contribution >= 0.6 is 27.3 Å². The maximum atomic E-state index is 4.23. The van der Waals surface area contributed by atoms with Gasteiger partial charge in [-0.25, -0.2) is 9.97 Å². The van der Waals surface area contributed by atoms with Gasteiger partial charge in [0, 0.05) is 5.92 Å². The molecule has 0 aliphatic carbocycles. The van der Waals surface area contributed by atoms with Crippen molar-refractivity contribution in [3.05, 3.63) is 22.1 Å². The van der Waals surface area contributed by atoms with Crippen LogP contribution in [-0.2, 0) is 0 Å². The predicted molar refractivity (Wildman–Crippen MR) is 58.8 cm³/mol. The molecule has 14 heavy (non-hydrogen) atoms. The van der Waals surface area contributed by atoms with Crippen LogP contribution in [0.3, 0.4) is 0 Å².